The lowest BCUT2D eigenvalue weighted by molar-refractivity contribution is 0.112. The molecule has 1 atom stereocenters. The monoisotopic (exact) mass is 212 g/mol. The van der Waals surface area contributed by atoms with E-state index >= 15 is 0 Å². The van der Waals surface area contributed by atoms with Gasteiger partial charge in [0.15, 0.2) is 0 Å². The second-order valence-electron chi connectivity index (χ2n) is 2.97. The summed E-state index contributed by atoms with van der Waals surface area (Å²) < 4.78 is 17.1. The number of benzene rings is 1. The fourth-order valence-electron chi connectivity index (χ4n) is 1.14. The highest BCUT2D eigenvalue weighted by Gasteiger charge is 2.17. The Morgan fingerprint density at radius 2 is 1.93 bits per heavy atom. The van der Waals surface area contributed by atoms with Gasteiger partial charge in [-0.2, -0.15) is 0 Å². The SMILES string of the molecule is CCOP(C)(=O)c1ccc(C=O)cc1. The summed E-state index contributed by atoms with van der Waals surface area (Å²) in [6.45, 7) is 3.80. The highest BCUT2D eigenvalue weighted by molar-refractivity contribution is 7.66. The van der Waals surface area contributed by atoms with Gasteiger partial charge < -0.3 is 4.52 Å². The Morgan fingerprint density at radius 1 is 1.36 bits per heavy atom. The summed E-state index contributed by atoms with van der Waals surface area (Å²) in [4.78, 5) is 10.4. The molecule has 1 aromatic rings. The van der Waals surface area contributed by atoms with Crippen molar-refractivity contribution in [1.29, 1.82) is 0 Å². The largest absolute Gasteiger partial charge is 0.326 e. The zero-order valence-corrected chi connectivity index (χ0v) is 9.16. The fraction of sp³-hybridized carbons (Fsp3) is 0.300. The highest BCUT2D eigenvalue weighted by atomic mass is 31.2. The molecule has 1 rings (SSSR count). The van der Waals surface area contributed by atoms with E-state index in [4.69, 9.17) is 4.52 Å². The van der Waals surface area contributed by atoms with Crippen LogP contribution in [0.25, 0.3) is 0 Å². The molecular weight excluding hydrogens is 199 g/mol. The van der Waals surface area contributed by atoms with Crippen LogP contribution in [0.2, 0.25) is 0 Å². The number of hydrogen-bond acceptors (Lipinski definition) is 3. The van der Waals surface area contributed by atoms with Gasteiger partial charge in [-0.05, 0) is 19.1 Å². The predicted octanol–water partition coefficient (Wildman–Crippen LogP) is 2.07. The zero-order chi connectivity index (χ0) is 10.6. The molecular formula is C10H13O3P. The summed E-state index contributed by atoms with van der Waals surface area (Å²) in [5, 5.41) is 0.643. The maximum absolute atomic E-state index is 11.9. The van der Waals surface area contributed by atoms with Gasteiger partial charge in [-0.15, -0.1) is 0 Å². The number of hydrogen-bond donors (Lipinski definition) is 0. The first-order valence-electron chi connectivity index (χ1n) is 4.38. The standard InChI is InChI=1S/C10H13O3P/c1-3-13-14(2,12)10-6-4-9(8-11)5-7-10/h4-8H,3H2,1-2H3. The first-order chi connectivity index (χ1) is 6.60. The maximum Gasteiger partial charge on any atom is 0.229 e. The van der Waals surface area contributed by atoms with E-state index in [2.05, 4.69) is 0 Å². The molecule has 0 aromatic heterocycles. The van der Waals surface area contributed by atoms with Crippen molar-refractivity contribution in [2.45, 2.75) is 6.92 Å². The van der Waals surface area contributed by atoms with Crippen LogP contribution in [0.1, 0.15) is 17.3 Å². The minimum atomic E-state index is -2.69. The molecule has 0 spiro atoms. The first-order valence-corrected chi connectivity index (χ1v) is 6.45. The van der Waals surface area contributed by atoms with Crippen molar-refractivity contribution in [1.82, 2.24) is 0 Å². The Bertz CT molecular complexity index is 356. The fourth-order valence-corrected chi connectivity index (χ4v) is 2.48. The van der Waals surface area contributed by atoms with Crippen molar-refractivity contribution in [3.8, 4) is 0 Å². The van der Waals surface area contributed by atoms with E-state index < -0.39 is 7.37 Å². The van der Waals surface area contributed by atoms with Crippen LogP contribution >= 0.6 is 7.37 Å². The summed E-state index contributed by atoms with van der Waals surface area (Å²) in [5.74, 6) is 0. The van der Waals surface area contributed by atoms with Gasteiger partial charge in [0.2, 0.25) is 7.37 Å². The molecule has 1 aromatic carbocycles. The molecule has 0 aliphatic rings. The Labute approximate surface area is 83.5 Å². The van der Waals surface area contributed by atoms with Crippen molar-refractivity contribution >= 4 is 19.0 Å². The van der Waals surface area contributed by atoms with Crippen molar-refractivity contribution in [2.24, 2.45) is 0 Å². The number of carbonyl (C=O) groups is 1. The highest BCUT2D eigenvalue weighted by Crippen LogP contribution is 2.40. The smallest absolute Gasteiger partial charge is 0.229 e. The van der Waals surface area contributed by atoms with E-state index in [9.17, 15) is 9.36 Å². The molecule has 0 fully saturated rings. The molecule has 0 saturated carbocycles. The van der Waals surface area contributed by atoms with Crippen molar-refractivity contribution < 1.29 is 13.9 Å². The molecule has 0 aliphatic carbocycles. The van der Waals surface area contributed by atoms with Gasteiger partial charge in [0.25, 0.3) is 0 Å². The Kier molecular flexibility index (Phi) is 3.62. The van der Waals surface area contributed by atoms with Crippen molar-refractivity contribution in [3.63, 3.8) is 0 Å². The third-order valence-corrected chi connectivity index (χ3v) is 3.86. The summed E-state index contributed by atoms with van der Waals surface area (Å²) >= 11 is 0. The van der Waals surface area contributed by atoms with E-state index in [1.54, 1.807) is 37.9 Å². The van der Waals surface area contributed by atoms with Gasteiger partial charge in [-0.25, -0.2) is 0 Å². The molecule has 14 heavy (non-hydrogen) atoms. The molecule has 0 N–H and O–H groups in total. The van der Waals surface area contributed by atoms with Crippen LogP contribution < -0.4 is 5.30 Å². The van der Waals surface area contributed by atoms with Crippen LogP contribution in [0, 0.1) is 0 Å². The van der Waals surface area contributed by atoms with Gasteiger partial charge in [-0.3, -0.25) is 9.36 Å². The van der Waals surface area contributed by atoms with Crippen LogP contribution in [-0.4, -0.2) is 19.6 Å². The Hall–Kier alpha value is -0.920. The average Bonchev–Trinajstić information content (AvgIpc) is 2.18. The van der Waals surface area contributed by atoms with E-state index in [1.807, 2.05) is 0 Å². The third kappa shape index (κ3) is 2.53. The second kappa shape index (κ2) is 4.54. The van der Waals surface area contributed by atoms with Crippen LogP contribution in [0.15, 0.2) is 24.3 Å². The molecule has 3 nitrogen and oxygen atoms in total. The predicted molar refractivity (Wildman–Crippen MR) is 56.6 cm³/mol. The lowest BCUT2D eigenvalue weighted by atomic mass is 10.2. The second-order valence-corrected chi connectivity index (χ2v) is 5.44. The molecule has 0 amide bonds. The van der Waals surface area contributed by atoms with Gasteiger partial charge >= 0.3 is 0 Å². The maximum atomic E-state index is 11.9. The summed E-state index contributed by atoms with van der Waals surface area (Å²) in [6, 6.07) is 6.61. The molecule has 0 radical (unpaired) electrons. The van der Waals surface area contributed by atoms with E-state index in [0.29, 0.717) is 17.5 Å². The average molecular weight is 212 g/mol. The zero-order valence-electron chi connectivity index (χ0n) is 8.27. The number of aldehydes is 1. The summed E-state index contributed by atoms with van der Waals surface area (Å²) in [5.41, 5.74) is 0.574. The minimum Gasteiger partial charge on any atom is -0.326 e. The minimum absolute atomic E-state index is 0.420. The van der Waals surface area contributed by atoms with E-state index in [1.165, 1.54) is 0 Å². The molecule has 0 bridgehead atoms. The number of carbonyl (C=O) groups excluding carboxylic acids is 1. The Balaban J connectivity index is 2.96. The molecule has 0 heterocycles. The Morgan fingerprint density at radius 3 is 2.36 bits per heavy atom. The van der Waals surface area contributed by atoms with Crippen molar-refractivity contribution in [3.05, 3.63) is 29.8 Å². The molecule has 0 aliphatic heterocycles. The molecule has 4 heteroatoms. The lowest BCUT2D eigenvalue weighted by Crippen LogP contribution is -2.06. The third-order valence-electron chi connectivity index (χ3n) is 1.87. The quantitative estimate of drug-likeness (QED) is 0.566. The molecule has 1 unspecified atom stereocenters. The number of rotatable bonds is 4. The van der Waals surface area contributed by atoms with Gasteiger partial charge in [-0.1, -0.05) is 12.1 Å². The van der Waals surface area contributed by atoms with Crippen molar-refractivity contribution in [2.75, 3.05) is 13.3 Å². The van der Waals surface area contributed by atoms with Crippen LogP contribution in [0.4, 0.5) is 0 Å². The summed E-state index contributed by atoms with van der Waals surface area (Å²) in [6.07, 6.45) is 0.755. The van der Waals surface area contributed by atoms with Gasteiger partial charge in [0, 0.05) is 17.5 Å². The van der Waals surface area contributed by atoms with E-state index in [0.717, 1.165) is 6.29 Å². The lowest BCUT2D eigenvalue weighted by Gasteiger charge is -2.12. The molecule has 76 valence electrons. The van der Waals surface area contributed by atoms with Gasteiger partial charge in [0.1, 0.15) is 6.29 Å². The van der Waals surface area contributed by atoms with Crippen LogP contribution in [-0.2, 0) is 9.09 Å². The first kappa shape index (κ1) is 11.2. The molecule has 0 saturated heterocycles. The normalized spacial score (nSPS) is 14.7. The topological polar surface area (TPSA) is 43.4 Å². The summed E-state index contributed by atoms with van der Waals surface area (Å²) in [7, 11) is -2.69. The van der Waals surface area contributed by atoms with Crippen LogP contribution in [0.3, 0.4) is 0 Å². The van der Waals surface area contributed by atoms with Gasteiger partial charge in [0.05, 0.1) is 6.61 Å². The van der Waals surface area contributed by atoms with Crippen LogP contribution in [0.5, 0.6) is 0 Å². The van der Waals surface area contributed by atoms with E-state index in [-0.39, 0.29) is 0 Å².